The fourth-order valence-corrected chi connectivity index (χ4v) is 3.92. The number of amides is 1. The Bertz CT molecular complexity index is 878. The summed E-state index contributed by atoms with van der Waals surface area (Å²) in [5.41, 5.74) is 0.615. The van der Waals surface area contributed by atoms with Gasteiger partial charge in [-0.15, -0.1) is 0 Å². The van der Waals surface area contributed by atoms with Gasteiger partial charge in [0, 0.05) is 17.8 Å². The van der Waals surface area contributed by atoms with Gasteiger partial charge in [-0.05, 0) is 43.6 Å². The number of hydrogen-bond acceptors (Lipinski definition) is 3. The van der Waals surface area contributed by atoms with Gasteiger partial charge in [-0.25, -0.2) is 0 Å². The second kappa shape index (κ2) is 11.4. The number of rotatable bonds is 10. The molecule has 0 heterocycles. The van der Waals surface area contributed by atoms with Crippen molar-refractivity contribution in [1.82, 2.24) is 5.32 Å². The average Bonchev–Trinajstić information content (AvgIpc) is 2.76. The third kappa shape index (κ3) is 6.61. The first-order valence-electron chi connectivity index (χ1n) is 11.0. The molecule has 1 fully saturated rings. The first-order valence-corrected chi connectivity index (χ1v) is 11.0. The van der Waals surface area contributed by atoms with Gasteiger partial charge >= 0.3 is 5.97 Å². The van der Waals surface area contributed by atoms with E-state index >= 15 is 0 Å². The topological polar surface area (TPSA) is 75.6 Å². The van der Waals surface area contributed by atoms with Crippen LogP contribution in [-0.4, -0.2) is 29.6 Å². The Hall–Kier alpha value is -2.82. The number of hydrogen-bond donors (Lipinski definition) is 2. The first kappa shape index (κ1) is 21.9. The highest BCUT2D eigenvalue weighted by atomic mass is 16.5. The molecule has 0 unspecified atom stereocenters. The summed E-state index contributed by atoms with van der Waals surface area (Å²) in [6.07, 6.45) is 9.69. The minimum absolute atomic E-state index is 0.0691. The lowest BCUT2D eigenvalue weighted by Gasteiger charge is -2.23. The molecule has 1 aliphatic carbocycles. The minimum Gasteiger partial charge on any atom is -0.488 e. The largest absolute Gasteiger partial charge is 0.488 e. The number of carboxylic acid groups (broad SMARTS) is 1. The number of allylic oxidation sites excluding steroid dienone is 1. The number of benzene rings is 2. The lowest BCUT2D eigenvalue weighted by molar-refractivity contribution is -0.137. The molecule has 30 heavy (non-hydrogen) atoms. The summed E-state index contributed by atoms with van der Waals surface area (Å²) in [6.45, 7) is 0.200. The van der Waals surface area contributed by atoms with Crippen molar-refractivity contribution in [2.45, 2.75) is 63.8 Å². The summed E-state index contributed by atoms with van der Waals surface area (Å²) in [4.78, 5) is 23.6. The van der Waals surface area contributed by atoms with Gasteiger partial charge in [0.25, 0.3) is 5.91 Å². The average molecular weight is 410 g/mol. The molecule has 0 aliphatic heterocycles. The molecule has 5 heteroatoms. The summed E-state index contributed by atoms with van der Waals surface area (Å²) in [5, 5.41) is 14.1. The molecule has 0 bridgehead atoms. The Balaban J connectivity index is 1.66. The van der Waals surface area contributed by atoms with E-state index in [1.54, 1.807) is 0 Å². The molecule has 0 spiro atoms. The van der Waals surface area contributed by atoms with Crippen LogP contribution in [0.4, 0.5) is 0 Å². The Morgan fingerprint density at radius 1 is 1.03 bits per heavy atom. The molecular weight excluding hydrogens is 378 g/mol. The SMILES string of the molecule is O=C(O)CCCCC=C(COc1cccc2ccccc12)C(=O)NC1CCCCC1. The quantitative estimate of drug-likeness (QED) is 0.416. The van der Waals surface area contributed by atoms with Gasteiger partial charge in [0.1, 0.15) is 12.4 Å². The monoisotopic (exact) mass is 409 g/mol. The van der Waals surface area contributed by atoms with Crippen molar-refractivity contribution >= 4 is 22.6 Å². The van der Waals surface area contributed by atoms with E-state index in [-0.39, 0.29) is 25.0 Å². The summed E-state index contributed by atoms with van der Waals surface area (Å²) < 4.78 is 6.06. The van der Waals surface area contributed by atoms with Gasteiger partial charge in [-0.2, -0.15) is 0 Å². The number of ether oxygens (including phenoxy) is 1. The van der Waals surface area contributed by atoms with Gasteiger partial charge in [-0.1, -0.05) is 61.7 Å². The molecule has 1 saturated carbocycles. The van der Waals surface area contributed by atoms with Gasteiger partial charge in [-0.3, -0.25) is 9.59 Å². The zero-order chi connectivity index (χ0) is 21.2. The number of unbranched alkanes of at least 4 members (excludes halogenated alkanes) is 2. The molecule has 3 rings (SSSR count). The summed E-state index contributed by atoms with van der Waals surface area (Å²) in [5.74, 6) is -0.0933. The van der Waals surface area contributed by atoms with Crippen LogP contribution in [0.25, 0.3) is 10.8 Å². The number of carbonyl (C=O) groups is 2. The first-order chi connectivity index (χ1) is 14.6. The molecule has 160 valence electrons. The van der Waals surface area contributed by atoms with Gasteiger partial charge < -0.3 is 15.2 Å². The maximum Gasteiger partial charge on any atom is 0.303 e. The molecule has 2 N–H and O–H groups in total. The third-order valence-electron chi connectivity index (χ3n) is 5.60. The second-order valence-corrected chi connectivity index (χ2v) is 7.94. The smallest absolute Gasteiger partial charge is 0.303 e. The van der Waals surface area contributed by atoms with E-state index in [0.29, 0.717) is 18.4 Å². The van der Waals surface area contributed by atoms with E-state index < -0.39 is 5.97 Å². The maximum atomic E-state index is 12.9. The van der Waals surface area contributed by atoms with E-state index in [4.69, 9.17) is 9.84 Å². The standard InChI is InChI=1S/C25H31NO4/c27-24(28)17-6-1-3-11-20(25(29)26-21-13-4-2-5-14-21)18-30-23-16-9-12-19-10-7-8-15-22(19)23/h7-12,15-16,21H,1-6,13-14,17-18H2,(H,26,29)(H,27,28). The molecular formula is C25H31NO4. The molecule has 2 aromatic carbocycles. The molecule has 2 aromatic rings. The minimum atomic E-state index is -0.784. The van der Waals surface area contributed by atoms with E-state index in [1.807, 2.05) is 48.5 Å². The number of aliphatic carboxylic acids is 1. The van der Waals surface area contributed by atoms with Gasteiger partial charge in [0.05, 0.1) is 5.57 Å². The third-order valence-corrected chi connectivity index (χ3v) is 5.60. The number of carboxylic acids is 1. The van der Waals surface area contributed by atoms with Crippen molar-refractivity contribution in [1.29, 1.82) is 0 Å². The van der Waals surface area contributed by atoms with E-state index in [9.17, 15) is 9.59 Å². The highest BCUT2D eigenvalue weighted by Gasteiger charge is 2.18. The Morgan fingerprint density at radius 2 is 1.80 bits per heavy atom. The Morgan fingerprint density at radius 3 is 2.60 bits per heavy atom. The number of carbonyl (C=O) groups excluding carboxylic acids is 1. The molecule has 0 radical (unpaired) electrons. The maximum absolute atomic E-state index is 12.9. The fraction of sp³-hybridized carbons (Fsp3) is 0.440. The predicted molar refractivity (Wildman–Crippen MR) is 119 cm³/mol. The van der Waals surface area contributed by atoms with Crippen LogP contribution in [0.15, 0.2) is 54.1 Å². The summed E-state index contributed by atoms with van der Waals surface area (Å²) >= 11 is 0. The summed E-state index contributed by atoms with van der Waals surface area (Å²) in [6, 6.07) is 14.2. The van der Waals surface area contributed by atoms with Crippen LogP contribution in [0.3, 0.4) is 0 Å². The van der Waals surface area contributed by atoms with Crippen LogP contribution in [0.5, 0.6) is 5.75 Å². The van der Waals surface area contributed by atoms with Crippen LogP contribution < -0.4 is 10.1 Å². The van der Waals surface area contributed by atoms with E-state index in [0.717, 1.165) is 48.6 Å². The van der Waals surface area contributed by atoms with Crippen LogP contribution in [0.2, 0.25) is 0 Å². The lowest BCUT2D eigenvalue weighted by atomic mass is 9.95. The molecule has 0 atom stereocenters. The molecule has 5 nitrogen and oxygen atoms in total. The van der Waals surface area contributed by atoms with Crippen molar-refractivity contribution in [3.63, 3.8) is 0 Å². The lowest BCUT2D eigenvalue weighted by Crippen LogP contribution is -2.38. The Kier molecular flexibility index (Phi) is 8.30. The second-order valence-electron chi connectivity index (χ2n) is 7.94. The van der Waals surface area contributed by atoms with Crippen LogP contribution in [0.1, 0.15) is 57.8 Å². The summed E-state index contributed by atoms with van der Waals surface area (Å²) in [7, 11) is 0. The molecule has 1 aliphatic rings. The van der Waals surface area contributed by atoms with Crippen LogP contribution in [0, 0.1) is 0 Å². The highest BCUT2D eigenvalue weighted by Crippen LogP contribution is 2.26. The van der Waals surface area contributed by atoms with Crippen molar-refractivity contribution in [2.24, 2.45) is 0 Å². The van der Waals surface area contributed by atoms with Crippen molar-refractivity contribution in [2.75, 3.05) is 6.61 Å². The van der Waals surface area contributed by atoms with Gasteiger partial charge in [0.2, 0.25) is 0 Å². The van der Waals surface area contributed by atoms with Crippen molar-refractivity contribution in [3.05, 3.63) is 54.1 Å². The van der Waals surface area contributed by atoms with Crippen molar-refractivity contribution in [3.8, 4) is 5.75 Å². The number of fused-ring (bicyclic) bond motifs is 1. The molecule has 0 saturated heterocycles. The van der Waals surface area contributed by atoms with Crippen LogP contribution >= 0.6 is 0 Å². The fourth-order valence-electron chi connectivity index (χ4n) is 3.92. The normalized spacial score (nSPS) is 15.1. The molecule has 0 aromatic heterocycles. The zero-order valence-electron chi connectivity index (χ0n) is 17.4. The van der Waals surface area contributed by atoms with Crippen molar-refractivity contribution < 1.29 is 19.4 Å². The van der Waals surface area contributed by atoms with E-state index in [1.165, 1.54) is 6.42 Å². The van der Waals surface area contributed by atoms with Gasteiger partial charge in [0.15, 0.2) is 0 Å². The number of nitrogens with one attached hydrogen (secondary N) is 1. The Labute approximate surface area is 178 Å². The van der Waals surface area contributed by atoms with E-state index in [2.05, 4.69) is 5.32 Å². The molecule has 1 amide bonds. The highest BCUT2D eigenvalue weighted by molar-refractivity contribution is 5.94. The van der Waals surface area contributed by atoms with Crippen LogP contribution in [-0.2, 0) is 9.59 Å². The zero-order valence-corrected chi connectivity index (χ0v) is 17.4. The predicted octanol–water partition coefficient (Wildman–Crippen LogP) is 5.24.